The topological polar surface area (TPSA) is 100 Å². The Morgan fingerprint density at radius 3 is 2.68 bits per heavy atom. The number of amides is 1. The minimum atomic E-state index is -2.94. The van der Waals surface area contributed by atoms with E-state index in [1.54, 1.807) is 12.1 Å². The molecule has 0 radical (unpaired) electrons. The van der Waals surface area contributed by atoms with Crippen molar-refractivity contribution in [2.75, 3.05) is 56.2 Å². The molecule has 2 fully saturated rings. The highest BCUT2D eigenvalue weighted by Gasteiger charge is 2.42. The second kappa shape index (κ2) is 8.40. The number of nitrogens with zero attached hydrogens (tertiary/aromatic N) is 2. The van der Waals surface area contributed by atoms with E-state index in [2.05, 4.69) is 20.5 Å². The lowest BCUT2D eigenvalue weighted by Gasteiger charge is -2.26. The molecule has 1 aromatic rings. The summed E-state index contributed by atoms with van der Waals surface area (Å²) in [6.07, 6.45) is 0. The van der Waals surface area contributed by atoms with Crippen LogP contribution in [0.3, 0.4) is 0 Å². The first-order valence-corrected chi connectivity index (χ1v) is 12.1. The Kier molecular flexibility index (Phi) is 5.91. The summed E-state index contributed by atoms with van der Waals surface area (Å²) < 4.78 is 28.6. The molecule has 4 rings (SSSR count). The number of thioether (sulfide) groups is 1. The molecule has 0 spiro atoms. The molecule has 0 bridgehead atoms. The number of hydrogen-bond donors (Lipinski definition) is 2. The summed E-state index contributed by atoms with van der Waals surface area (Å²) in [6.45, 7) is 4.76. The summed E-state index contributed by atoms with van der Waals surface area (Å²) in [5, 5.41) is 6.92. The van der Waals surface area contributed by atoms with E-state index in [4.69, 9.17) is 4.74 Å². The summed E-state index contributed by atoms with van der Waals surface area (Å²) in [7, 11) is -2.94. The maximum Gasteiger partial charge on any atom is 0.251 e. The largest absolute Gasteiger partial charge is 0.379 e. The smallest absolute Gasteiger partial charge is 0.251 e. The van der Waals surface area contributed by atoms with Gasteiger partial charge in [0.2, 0.25) is 0 Å². The highest BCUT2D eigenvalue weighted by atomic mass is 32.2. The molecule has 0 saturated carbocycles. The number of aliphatic imine (C=N–C) groups is 1. The van der Waals surface area contributed by atoms with Crippen LogP contribution in [0.5, 0.6) is 0 Å². The monoisotopic (exact) mass is 424 g/mol. The van der Waals surface area contributed by atoms with E-state index in [1.165, 1.54) is 11.8 Å². The van der Waals surface area contributed by atoms with Gasteiger partial charge in [0, 0.05) is 42.7 Å². The van der Waals surface area contributed by atoms with Crippen molar-refractivity contribution in [3.05, 3.63) is 29.8 Å². The Balaban J connectivity index is 1.25. The fraction of sp³-hybridized carbons (Fsp3) is 0.556. The van der Waals surface area contributed by atoms with Crippen LogP contribution in [0, 0.1) is 0 Å². The van der Waals surface area contributed by atoms with E-state index in [1.807, 2.05) is 12.1 Å². The number of anilines is 1. The molecule has 0 aliphatic carbocycles. The zero-order chi connectivity index (χ0) is 19.6. The summed E-state index contributed by atoms with van der Waals surface area (Å²) in [5.74, 6) is 0.243. The number of nitrogens with one attached hydrogen (secondary N) is 2. The molecule has 8 nitrogen and oxygen atoms in total. The van der Waals surface area contributed by atoms with Gasteiger partial charge in [-0.2, -0.15) is 0 Å². The molecule has 0 unspecified atom stereocenters. The van der Waals surface area contributed by atoms with Crippen molar-refractivity contribution in [3.63, 3.8) is 0 Å². The van der Waals surface area contributed by atoms with Crippen molar-refractivity contribution >= 4 is 38.4 Å². The van der Waals surface area contributed by atoms with Crippen molar-refractivity contribution in [1.82, 2.24) is 10.2 Å². The van der Waals surface area contributed by atoms with Gasteiger partial charge in [0.1, 0.15) is 0 Å². The predicted molar refractivity (Wildman–Crippen MR) is 111 cm³/mol. The lowest BCUT2D eigenvalue weighted by atomic mass is 10.2. The summed E-state index contributed by atoms with van der Waals surface area (Å²) >= 11 is 1.48. The van der Waals surface area contributed by atoms with Gasteiger partial charge >= 0.3 is 0 Å². The number of carbonyl (C=O) groups excluding carboxylic acids is 1. The van der Waals surface area contributed by atoms with Crippen molar-refractivity contribution in [3.8, 4) is 0 Å². The molecule has 0 aromatic heterocycles. The minimum absolute atomic E-state index is 0.0176. The first-order chi connectivity index (χ1) is 13.5. The molecule has 3 aliphatic heterocycles. The number of amidine groups is 1. The number of carbonyl (C=O) groups is 1. The van der Waals surface area contributed by atoms with Crippen molar-refractivity contribution in [2.45, 2.75) is 11.3 Å². The van der Waals surface area contributed by atoms with Gasteiger partial charge < -0.3 is 15.4 Å². The van der Waals surface area contributed by atoms with Crippen LogP contribution in [0.2, 0.25) is 0 Å². The van der Waals surface area contributed by atoms with E-state index >= 15 is 0 Å². The lowest BCUT2D eigenvalue weighted by Crippen LogP contribution is -2.41. The highest BCUT2D eigenvalue weighted by molar-refractivity contribution is 8.15. The van der Waals surface area contributed by atoms with Gasteiger partial charge in [0.05, 0.1) is 30.8 Å². The average molecular weight is 425 g/mol. The Bertz CT molecular complexity index is 851. The quantitative estimate of drug-likeness (QED) is 0.707. The van der Waals surface area contributed by atoms with Crippen LogP contribution in [0.15, 0.2) is 29.3 Å². The Hall–Kier alpha value is -1.62. The van der Waals surface area contributed by atoms with E-state index in [0.29, 0.717) is 12.1 Å². The predicted octanol–water partition coefficient (Wildman–Crippen LogP) is 0.429. The summed E-state index contributed by atoms with van der Waals surface area (Å²) in [4.78, 5) is 19.0. The molecule has 2 N–H and O–H groups in total. The minimum Gasteiger partial charge on any atom is -0.379 e. The van der Waals surface area contributed by atoms with Crippen LogP contribution >= 0.6 is 11.8 Å². The van der Waals surface area contributed by atoms with Gasteiger partial charge in [-0.1, -0.05) is 11.8 Å². The van der Waals surface area contributed by atoms with Crippen molar-refractivity contribution in [1.29, 1.82) is 0 Å². The van der Waals surface area contributed by atoms with Crippen LogP contribution in [-0.4, -0.2) is 86.6 Å². The molecule has 2 atom stereocenters. The van der Waals surface area contributed by atoms with E-state index in [9.17, 15) is 13.2 Å². The molecular formula is C18H24N4O4S2. The first-order valence-electron chi connectivity index (χ1n) is 9.39. The van der Waals surface area contributed by atoms with Gasteiger partial charge in [-0.25, -0.2) is 8.42 Å². The molecule has 1 amide bonds. The van der Waals surface area contributed by atoms with E-state index < -0.39 is 9.84 Å². The number of hydrogen-bond acceptors (Lipinski definition) is 8. The van der Waals surface area contributed by atoms with Gasteiger partial charge in [-0.05, 0) is 24.3 Å². The SMILES string of the molecule is O=C(NCCN1CCOCC1)c1ccc(NC2=N[C@@H]3CS(=O)(=O)C[C@H]3S2)cc1. The molecule has 3 heterocycles. The molecule has 3 aliphatic rings. The Morgan fingerprint density at radius 2 is 1.96 bits per heavy atom. The fourth-order valence-corrected chi connectivity index (χ4v) is 7.17. The van der Waals surface area contributed by atoms with Crippen molar-refractivity contribution < 1.29 is 17.9 Å². The van der Waals surface area contributed by atoms with Gasteiger partial charge in [-0.15, -0.1) is 0 Å². The van der Waals surface area contributed by atoms with Crippen LogP contribution in [0.4, 0.5) is 5.69 Å². The third kappa shape index (κ3) is 4.86. The standard InChI is InChI=1S/C18H24N4O4S2/c23-17(19-5-6-22-7-9-26-10-8-22)13-1-3-14(4-2-13)20-18-21-15-11-28(24,25)12-16(15)27-18/h1-4,15-16H,5-12H2,(H,19,23)(H,20,21)/t15-,16-/m1/s1. The average Bonchev–Trinajstić information content (AvgIpc) is 3.15. The lowest BCUT2D eigenvalue weighted by molar-refractivity contribution is 0.0383. The van der Waals surface area contributed by atoms with Crippen molar-refractivity contribution in [2.24, 2.45) is 4.99 Å². The third-order valence-electron chi connectivity index (χ3n) is 5.03. The summed E-state index contributed by atoms with van der Waals surface area (Å²) in [6, 6.07) is 7.08. The van der Waals surface area contributed by atoms with Crippen LogP contribution in [0.25, 0.3) is 0 Å². The number of sulfone groups is 1. The van der Waals surface area contributed by atoms with Gasteiger partial charge in [-0.3, -0.25) is 14.7 Å². The number of rotatable bonds is 5. The zero-order valence-corrected chi connectivity index (χ0v) is 17.1. The van der Waals surface area contributed by atoms with Crippen LogP contribution < -0.4 is 10.6 Å². The number of fused-ring (bicyclic) bond motifs is 1. The molecule has 28 heavy (non-hydrogen) atoms. The molecular weight excluding hydrogens is 400 g/mol. The molecule has 2 saturated heterocycles. The van der Waals surface area contributed by atoms with Crippen LogP contribution in [-0.2, 0) is 14.6 Å². The maximum absolute atomic E-state index is 12.3. The Labute approximate surface area is 169 Å². The maximum atomic E-state index is 12.3. The number of ether oxygens (including phenoxy) is 1. The second-order valence-corrected chi connectivity index (χ2v) is 10.5. The molecule has 10 heteroatoms. The third-order valence-corrected chi connectivity index (χ3v) is 8.18. The normalized spacial score (nSPS) is 26.5. The van der Waals surface area contributed by atoms with Gasteiger partial charge in [0.15, 0.2) is 15.0 Å². The van der Waals surface area contributed by atoms with E-state index in [-0.39, 0.29) is 28.7 Å². The Morgan fingerprint density at radius 1 is 1.21 bits per heavy atom. The van der Waals surface area contributed by atoms with Gasteiger partial charge in [0.25, 0.3) is 5.91 Å². The fourth-order valence-electron chi connectivity index (χ4n) is 3.50. The zero-order valence-electron chi connectivity index (χ0n) is 15.5. The molecule has 1 aromatic carbocycles. The summed E-state index contributed by atoms with van der Waals surface area (Å²) in [5.41, 5.74) is 1.44. The van der Waals surface area contributed by atoms with Crippen LogP contribution in [0.1, 0.15) is 10.4 Å². The number of morpholine rings is 1. The number of benzene rings is 1. The van der Waals surface area contributed by atoms with E-state index in [0.717, 1.165) is 43.7 Å². The highest BCUT2D eigenvalue weighted by Crippen LogP contribution is 2.34. The molecule has 152 valence electrons. The first kappa shape index (κ1) is 19.7. The second-order valence-electron chi connectivity index (χ2n) is 7.15.